The van der Waals surface area contributed by atoms with Crippen LogP contribution in [0.2, 0.25) is 0 Å². The van der Waals surface area contributed by atoms with Gasteiger partial charge in [-0.3, -0.25) is 4.79 Å². The Bertz CT molecular complexity index is 648. The number of hydrogen-bond donors (Lipinski definition) is 2. The zero-order valence-corrected chi connectivity index (χ0v) is 10.8. The van der Waals surface area contributed by atoms with Crippen molar-refractivity contribution in [3.05, 3.63) is 47.5 Å². The van der Waals surface area contributed by atoms with E-state index in [1.807, 2.05) is 0 Å². The molecule has 20 heavy (non-hydrogen) atoms. The van der Waals surface area contributed by atoms with Crippen molar-refractivity contribution >= 4 is 5.91 Å². The summed E-state index contributed by atoms with van der Waals surface area (Å²) < 4.78 is 14.9. The van der Waals surface area contributed by atoms with Crippen molar-refractivity contribution in [2.45, 2.75) is 25.4 Å². The zero-order chi connectivity index (χ0) is 14.1. The number of rotatable bonds is 5. The third-order valence-corrected chi connectivity index (χ3v) is 3.29. The number of nitrogens with zero attached hydrogens (tertiary/aromatic N) is 2. The molecule has 1 fully saturated rings. The van der Waals surface area contributed by atoms with Crippen LogP contribution in [-0.2, 0) is 6.54 Å². The van der Waals surface area contributed by atoms with Gasteiger partial charge < -0.3 is 11.1 Å². The van der Waals surface area contributed by atoms with Crippen LogP contribution in [0.5, 0.6) is 0 Å². The third kappa shape index (κ3) is 2.70. The van der Waals surface area contributed by atoms with Gasteiger partial charge >= 0.3 is 0 Å². The number of carbonyl (C=O) groups excluding carboxylic acids is 1. The normalized spacial score (nSPS) is 14.4. The number of halogens is 1. The summed E-state index contributed by atoms with van der Waals surface area (Å²) >= 11 is 0. The Morgan fingerprint density at radius 1 is 1.45 bits per heavy atom. The van der Waals surface area contributed by atoms with Crippen LogP contribution >= 0.6 is 0 Å². The summed E-state index contributed by atoms with van der Waals surface area (Å²) in [6, 6.07) is 6.59. The summed E-state index contributed by atoms with van der Waals surface area (Å²) in [6.07, 6.45) is 3.98. The molecule has 1 aliphatic carbocycles. The Balaban J connectivity index is 1.91. The topological polar surface area (TPSA) is 72.9 Å². The van der Waals surface area contributed by atoms with Crippen molar-refractivity contribution in [3.8, 4) is 5.69 Å². The first kappa shape index (κ1) is 12.8. The molecular weight excluding hydrogens is 259 g/mol. The first-order chi connectivity index (χ1) is 9.63. The fraction of sp³-hybridized carbons (Fsp3) is 0.286. The summed E-state index contributed by atoms with van der Waals surface area (Å²) in [6.45, 7) is 0.573. The third-order valence-electron chi connectivity index (χ3n) is 3.29. The summed E-state index contributed by atoms with van der Waals surface area (Å²) in [5, 5.41) is 7.45. The second kappa shape index (κ2) is 5.05. The lowest BCUT2D eigenvalue weighted by Gasteiger charge is -2.10. The number of nitrogens with two attached hydrogens (primary N) is 1. The highest BCUT2D eigenvalue weighted by molar-refractivity contribution is 5.90. The van der Waals surface area contributed by atoms with Gasteiger partial charge in [-0.25, -0.2) is 9.07 Å². The lowest BCUT2D eigenvalue weighted by molar-refractivity contribution is 0.0995. The van der Waals surface area contributed by atoms with Gasteiger partial charge in [0.15, 0.2) is 0 Å². The maximum absolute atomic E-state index is 13.4. The molecule has 3 N–H and O–H groups in total. The van der Waals surface area contributed by atoms with Crippen LogP contribution < -0.4 is 11.1 Å². The zero-order valence-electron chi connectivity index (χ0n) is 10.8. The smallest absolute Gasteiger partial charge is 0.269 e. The van der Waals surface area contributed by atoms with Gasteiger partial charge in [-0.05, 0) is 42.7 Å². The highest BCUT2D eigenvalue weighted by atomic mass is 19.1. The molecule has 1 aromatic carbocycles. The average molecular weight is 274 g/mol. The quantitative estimate of drug-likeness (QED) is 0.864. The highest BCUT2D eigenvalue weighted by Gasteiger charge is 2.21. The number of primary amides is 1. The molecule has 1 heterocycles. The Morgan fingerprint density at radius 3 is 2.90 bits per heavy atom. The molecule has 3 rings (SSSR count). The molecule has 0 aliphatic heterocycles. The average Bonchev–Trinajstić information content (AvgIpc) is 3.11. The van der Waals surface area contributed by atoms with Crippen molar-refractivity contribution in [2.24, 2.45) is 5.73 Å². The van der Waals surface area contributed by atoms with Crippen LogP contribution in [0.25, 0.3) is 5.69 Å². The molecule has 5 nitrogen and oxygen atoms in total. The lowest BCUT2D eigenvalue weighted by atomic mass is 10.1. The van der Waals surface area contributed by atoms with Gasteiger partial charge in [0.05, 0.1) is 5.69 Å². The van der Waals surface area contributed by atoms with E-state index in [0.29, 0.717) is 12.6 Å². The highest BCUT2D eigenvalue weighted by Crippen LogP contribution is 2.21. The molecule has 1 aliphatic rings. The minimum absolute atomic E-state index is 0.190. The minimum Gasteiger partial charge on any atom is -0.364 e. The Labute approximate surface area is 115 Å². The molecule has 0 atom stereocenters. The second-order valence-electron chi connectivity index (χ2n) is 4.94. The van der Waals surface area contributed by atoms with Crippen molar-refractivity contribution in [1.82, 2.24) is 15.1 Å². The minimum atomic E-state index is -0.580. The van der Waals surface area contributed by atoms with Gasteiger partial charge in [0.25, 0.3) is 5.91 Å². The van der Waals surface area contributed by atoms with Gasteiger partial charge in [-0.15, -0.1) is 0 Å². The van der Waals surface area contributed by atoms with E-state index in [4.69, 9.17) is 5.73 Å². The summed E-state index contributed by atoms with van der Waals surface area (Å²) in [5.74, 6) is -0.868. The van der Waals surface area contributed by atoms with E-state index < -0.39 is 5.91 Å². The predicted molar refractivity (Wildman–Crippen MR) is 71.9 cm³/mol. The molecule has 104 valence electrons. The number of hydrogen-bond acceptors (Lipinski definition) is 3. The number of nitrogens with one attached hydrogen (secondary N) is 1. The molecule has 1 amide bonds. The molecular formula is C14H15FN4O. The molecule has 1 saturated carbocycles. The molecule has 0 spiro atoms. The van der Waals surface area contributed by atoms with Gasteiger partial charge in [0.1, 0.15) is 11.5 Å². The predicted octanol–water partition coefficient (Wildman–Crippen LogP) is 1.36. The Kier molecular flexibility index (Phi) is 3.23. The number of carbonyl (C=O) groups is 1. The molecule has 0 radical (unpaired) electrons. The maximum Gasteiger partial charge on any atom is 0.269 e. The number of amides is 1. The Hall–Kier alpha value is -2.21. The van der Waals surface area contributed by atoms with E-state index in [0.717, 1.165) is 24.1 Å². The molecule has 0 bridgehead atoms. The van der Waals surface area contributed by atoms with Crippen LogP contribution in [0.4, 0.5) is 4.39 Å². The van der Waals surface area contributed by atoms with E-state index in [9.17, 15) is 9.18 Å². The second-order valence-corrected chi connectivity index (χ2v) is 4.94. The molecule has 1 aromatic heterocycles. The van der Waals surface area contributed by atoms with Gasteiger partial charge in [-0.2, -0.15) is 5.10 Å². The van der Waals surface area contributed by atoms with Gasteiger partial charge in [0, 0.05) is 18.8 Å². The van der Waals surface area contributed by atoms with E-state index in [1.165, 1.54) is 12.1 Å². The monoisotopic (exact) mass is 274 g/mol. The SMILES string of the molecule is NC(=O)c1ccn(-c2ccc(F)cc2CNC2CC2)n1. The van der Waals surface area contributed by atoms with Gasteiger partial charge in [-0.1, -0.05) is 0 Å². The van der Waals surface area contributed by atoms with E-state index in [1.54, 1.807) is 23.0 Å². The summed E-state index contributed by atoms with van der Waals surface area (Å²) in [7, 11) is 0. The number of aromatic nitrogens is 2. The van der Waals surface area contributed by atoms with Crippen molar-refractivity contribution in [2.75, 3.05) is 0 Å². The molecule has 6 heteroatoms. The lowest BCUT2D eigenvalue weighted by Crippen LogP contribution is -2.17. The van der Waals surface area contributed by atoms with Crippen molar-refractivity contribution < 1.29 is 9.18 Å². The van der Waals surface area contributed by atoms with Crippen LogP contribution in [0.1, 0.15) is 28.9 Å². The van der Waals surface area contributed by atoms with Gasteiger partial charge in [0.2, 0.25) is 0 Å². The van der Waals surface area contributed by atoms with Crippen molar-refractivity contribution in [3.63, 3.8) is 0 Å². The Morgan fingerprint density at radius 2 is 2.25 bits per heavy atom. The van der Waals surface area contributed by atoms with Crippen LogP contribution in [-0.4, -0.2) is 21.7 Å². The maximum atomic E-state index is 13.4. The van der Waals surface area contributed by atoms with E-state index in [2.05, 4.69) is 10.4 Å². The fourth-order valence-corrected chi connectivity index (χ4v) is 2.05. The largest absolute Gasteiger partial charge is 0.364 e. The van der Waals surface area contributed by atoms with E-state index >= 15 is 0 Å². The molecule has 0 saturated heterocycles. The van der Waals surface area contributed by atoms with Crippen LogP contribution in [0, 0.1) is 5.82 Å². The summed E-state index contributed by atoms with van der Waals surface area (Å²) in [5.41, 5.74) is 6.92. The molecule has 0 unspecified atom stereocenters. The van der Waals surface area contributed by atoms with Crippen LogP contribution in [0.15, 0.2) is 30.5 Å². The van der Waals surface area contributed by atoms with Crippen LogP contribution in [0.3, 0.4) is 0 Å². The first-order valence-corrected chi connectivity index (χ1v) is 6.51. The fourth-order valence-electron chi connectivity index (χ4n) is 2.05. The molecule has 2 aromatic rings. The van der Waals surface area contributed by atoms with Crippen molar-refractivity contribution in [1.29, 1.82) is 0 Å². The van der Waals surface area contributed by atoms with E-state index in [-0.39, 0.29) is 11.5 Å². The standard InChI is InChI=1S/C14H15FN4O/c15-10-1-4-13(9(7-10)8-17-11-2-3-11)19-6-5-12(18-19)14(16)20/h1,4-7,11,17H,2-3,8H2,(H2,16,20). The summed E-state index contributed by atoms with van der Waals surface area (Å²) in [4.78, 5) is 11.1. The number of benzene rings is 1. The first-order valence-electron chi connectivity index (χ1n) is 6.51.